The summed E-state index contributed by atoms with van der Waals surface area (Å²) < 4.78 is 11.7. The van der Waals surface area contributed by atoms with Gasteiger partial charge in [-0.1, -0.05) is 48.5 Å². The van der Waals surface area contributed by atoms with Crippen molar-refractivity contribution in [3.05, 3.63) is 107 Å². The van der Waals surface area contributed by atoms with Gasteiger partial charge < -0.3 is 9.47 Å². The van der Waals surface area contributed by atoms with Gasteiger partial charge in [0, 0.05) is 23.1 Å². The van der Waals surface area contributed by atoms with Crippen molar-refractivity contribution in [1.82, 2.24) is 4.98 Å². The summed E-state index contributed by atoms with van der Waals surface area (Å²) in [6, 6.07) is 22.7. The highest BCUT2D eigenvalue weighted by Gasteiger charge is 2.39. The molecule has 0 N–H and O–H groups in total. The molecular weight excluding hydrogens is 402 g/mol. The van der Waals surface area contributed by atoms with E-state index < -0.39 is 0 Å². The number of hydrogen-bond acceptors (Lipinski definition) is 5. The van der Waals surface area contributed by atoms with Crippen LogP contribution in [0.2, 0.25) is 0 Å². The average molecular weight is 419 g/mol. The maximum Gasteiger partial charge on any atom is 0.312 e. The van der Waals surface area contributed by atoms with Crippen LogP contribution in [0.5, 0.6) is 11.5 Å². The predicted molar refractivity (Wildman–Crippen MR) is 120 cm³/mol. The first kappa shape index (κ1) is 18.5. The van der Waals surface area contributed by atoms with Crippen LogP contribution in [0.15, 0.2) is 84.8 Å². The fourth-order valence-electron chi connectivity index (χ4n) is 4.49. The second-order valence-electron chi connectivity index (χ2n) is 7.85. The third-order valence-corrected chi connectivity index (χ3v) is 5.94. The summed E-state index contributed by atoms with van der Waals surface area (Å²) in [6.45, 7) is 0. The number of benzene rings is 3. The minimum Gasteiger partial charge on any atom is -0.452 e. The second kappa shape index (κ2) is 7.17. The van der Waals surface area contributed by atoms with E-state index in [1.807, 2.05) is 60.7 Å². The molecule has 4 aromatic rings. The monoisotopic (exact) mass is 419 g/mol. The first-order valence-electron chi connectivity index (χ1n) is 10.4. The summed E-state index contributed by atoms with van der Waals surface area (Å²) >= 11 is 0. The van der Waals surface area contributed by atoms with E-state index >= 15 is 0 Å². The summed E-state index contributed by atoms with van der Waals surface area (Å²) in [4.78, 5) is 30.0. The van der Waals surface area contributed by atoms with Gasteiger partial charge >= 0.3 is 5.97 Å². The zero-order valence-corrected chi connectivity index (χ0v) is 16.9. The summed E-state index contributed by atoms with van der Waals surface area (Å²) in [5, 5.41) is 0.961. The van der Waals surface area contributed by atoms with Gasteiger partial charge in [-0.05, 0) is 41.5 Å². The molecule has 0 fully saturated rings. The lowest BCUT2D eigenvalue weighted by Gasteiger charge is -2.27. The number of carbonyl (C=O) groups excluding carboxylic acids is 2. The van der Waals surface area contributed by atoms with Gasteiger partial charge in [0.2, 0.25) is 5.78 Å². The van der Waals surface area contributed by atoms with Crippen LogP contribution in [-0.4, -0.2) is 16.7 Å². The molecule has 0 aliphatic carbocycles. The SMILES string of the molecule is O=C1C[C@@H](c2ccnc3ccccc23)c2c(ccc3c2O/C(=C\c2ccccc2)C3=O)O1. The molecule has 0 saturated carbocycles. The molecule has 3 heterocycles. The first-order chi connectivity index (χ1) is 15.7. The Morgan fingerprint density at radius 3 is 2.56 bits per heavy atom. The number of pyridine rings is 1. The summed E-state index contributed by atoms with van der Waals surface area (Å²) in [5.41, 5.74) is 3.88. The third-order valence-electron chi connectivity index (χ3n) is 5.94. The number of para-hydroxylation sites is 1. The van der Waals surface area contributed by atoms with Crippen molar-refractivity contribution in [1.29, 1.82) is 0 Å². The maximum atomic E-state index is 13.1. The Morgan fingerprint density at radius 1 is 0.875 bits per heavy atom. The second-order valence-corrected chi connectivity index (χ2v) is 7.85. The number of nitrogens with zero attached hydrogens (tertiary/aromatic N) is 1. The Hall–Kier alpha value is -4.25. The first-order valence-corrected chi connectivity index (χ1v) is 10.4. The minimum atomic E-state index is -0.312. The molecular formula is C27H17NO4. The number of ether oxygens (including phenoxy) is 2. The van der Waals surface area contributed by atoms with Crippen LogP contribution in [0.25, 0.3) is 17.0 Å². The Bertz CT molecular complexity index is 1430. The van der Waals surface area contributed by atoms with Crippen molar-refractivity contribution in [3.63, 3.8) is 0 Å². The Balaban J connectivity index is 1.53. The molecule has 0 amide bonds. The zero-order chi connectivity index (χ0) is 21.7. The van der Waals surface area contributed by atoms with E-state index in [9.17, 15) is 9.59 Å². The number of allylic oxidation sites excluding steroid dienone is 1. The van der Waals surface area contributed by atoms with Gasteiger partial charge in [0.05, 0.1) is 17.5 Å². The van der Waals surface area contributed by atoms with Crippen LogP contribution in [-0.2, 0) is 4.79 Å². The molecule has 6 rings (SSSR count). The normalized spacial score (nSPS) is 18.2. The molecule has 1 aromatic heterocycles. The third kappa shape index (κ3) is 2.90. The van der Waals surface area contributed by atoms with Gasteiger partial charge in [0.1, 0.15) is 11.5 Å². The smallest absolute Gasteiger partial charge is 0.312 e. The Morgan fingerprint density at radius 2 is 1.69 bits per heavy atom. The van der Waals surface area contributed by atoms with Crippen LogP contribution in [0, 0.1) is 0 Å². The van der Waals surface area contributed by atoms with E-state index in [4.69, 9.17) is 9.47 Å². The van der Waals surface area contributed by atoms with E-state index in [1.165, 1.54) is 0 Å². The number of rotatable bonds is 2. The van der Waals surface area contributed by atoms with E-state index in [1.54, 1.807) is 24.4 Å². The summed E-state index contributed by atoms with van der Waals surface area (Å²) in [6.07, 6.45) is 3.64. The zero-order valence-electron chi connectivity index (χ0n) is 16.9. The fraction of sp³-hybridized carbons (Fsp3) is 0.0741. The van der Waals surface area contributed by atoms with Gasteiger partial charge in [-0.3, -0.25) is 14.6 Å². The molecule has 0 unspecified atom stereocenters. The van der Waals surface area contributed by atoms with Gasteiger partial charge in [0.15, 0.2) is 5.76 Å². The van der Waals surface area contributed by atoms with Crippen molar-refractivity contribution < 1.29 is 19.1 Å². The van der Waals surface area contributed by atoms with Crippen molar-refractivity contribution >= 4 is 28.7 Å². The lowest BCUT2D eigenvalue weighted by Crippen LogP contribution is -2.21. The molecule has 0 radical (unpaired) electrons. The molecule has 1 atom stereocenters. The van der Waals surface area contributed by atoms with Gasteiger partial charge in [0.25, 0.3) is 0 Å². The van der Waals surface area contributed by atoms with E-state index in [2.05, 4.69) is 4.98 Å². The topological polar surface area (TPSA) is 65.5 Å². The van der Waals surface area contributed by atoms with Gasteiger partial charge in [-0.2, -0.15) is 0 Å². The van der Waals surface area contributed by atoms with Crippen molar-refractivity contribution in [2.24, 2.45) is 0 Å². The molecule has 0 saturated heterocycles. The molecule has 5 heteroatoms. The molecule has 2 aliphatic rings. The number of Topliss-reactive ketones (excluding diaryl/α,β-unsaturated/α-hetero) is 1. The largest absolute Gasteiger partial charge is 0.452 e. The number of ketones is 1. The number of hydrogen-bond donors (Lipinski definition) is 0. The molecule has 2 aliphatic heterocycles. The van der Waals surface area contributed by atoms with Crippen molar-refractivity contribution in [2.75, 3.05) is 0 Å². The highest BCUT2D eigenvalue weighted by atomic mass is 16.5. The lowest BCUT2D eigenvalue weighted by molar-refractivity contribution is -0.135. The highest BCUT2D eigenvalue weighted by Crippen LogP contribution is 2.49. The van der Waals surface area contributed by atoms with Gasteiger partial charge in [-0.25, -0.2) is 0 Å². The quantitative estimate of drug-likeness (QED) is 0.251. The molecule has 0 bridgehead atoms. The number of esters is 1. The Labute approximate surface area is 183 Å². The van der Waals surface area contributed by atoms with Gasteiger partial charge in [-0.15, -0.1) is 0 Å². The number of carbonyl (C=O) groups is 2. The van der Waals surface area contributed by atoms with Crippen LogP contribution in [0.3, 0.4) is 0 Å². The van der Waals surface area contributed by atoms with E-state index in [-0.39, 0.29) is 29.9 Å². The van der Waals surface area contributed by atoms with Crippen LogP contribution in [0.1, 0.15) is 39.4 Å². The fourth-order valence-corrected chi connectivity index (χ4v) is 4.49. The number of fused-ring (bicyclic) bond motifs is 4. The van der Waals surface area contributed by atoms with Crippen molar-refractivity contribution in [3.8, 4) is 11.5 Å². The average Bonchev–Trinajstić information content (AvgIpc) is 3.14. The van der Waals surface area contributed by atoms with Crippen LogP contribution >= 0.6 is 0 Å². The molecule has 0 spiro atoms. The molecule has 5 nitrogen and oxygen atoms in total. The highest BCUT2D eigenvalue weighted by molar-refractivity contribution is 6.15. The molecule has 32 heavy (non-hydrogen) atoms. The number of aromatic nitrogens is 1. The molecule has 154 valence electrons. The Kier molecular flexibility index (Phi) is 4.15. The maximum absolute atomic E-state index is 13.1. The van der Waals surface area contributed by atoms with Crippen LogP contribution < -0.4 is 9.47 Å². The standard InChI is InChI=1S/C27H17NO4/c29-24-15-20(17-12-13-28-21-9-5-4-8-18(17)21)25-22(31-24)11-10-19-26(30)23(32-27(19)25)14-16-6-2-1-3-7-16/h1-14,20H,15H2/b23-14-/t20-/m0/s1. The predicted octanol–water partition coefficient (Wildman–Crippen LogP) is 5.29. The van der Waals surface area contributed by atoms with Crippen LogP contribution in [0.4, 0.5) is 0 Å². The molecule has 3 aromatic carbocycles. The summed E-state index contributed by atoms with van der Waals surface area (Å²) in [5.74, 6) is 0.357. The van der Waals surface area contributed by atoms with Crippen molar-refractivity contribution in [2.45, 2.75) is 12.3 Å². The lowest BCUT2D eigenvalue weighted by atomic mass is 9.83. The summed E-state index contributed by atoms with van der Waals surface area (Å²) in [7, 11) is 0. The minimum absolute atomic E-state index is 0.159. The van der Waals surface area contributed by atoms with E-state index in [0.29, 0.717) is 17.1 Å². The van der Waals surface area contributed by atoms with E-state index in [0.717, 1.165) is 27.6 Å².